The van der Waals surface area contributed by atoms with E-state index in [9.17, 15) is 0 Å². The molecular formula is C11H18N2. The maximum absolute atomic E-state index is 6.10. The molecule has 0 spiro atoms. The maximum atomic E-state index is 6.10. The van der Waals surface area contributed by atoms with E-state index >= 15 is 0 Å². The highest BCUT2D eigenvalue weighted by molar-refractivity contribution is 5.20. The first-order chi connectivity index (χ1) is 6.08. The zero-order valence-electron chi connectivity index (χ0n) is 8.33. The molecule has 0 aliphatic carbocycles. The van der Waals surface area contributed by atoms with Crippen molar-refractivity contribution >= 4 is 0 Å². The zero-order chi connectivity index (χ0) is 9.90. The summed E-state index contributed by atoms with van der Waals surface area (Å²) in [6.07, 6.45) is 0. The van der Waals surface area contributed by atoms with Gasteiger partial charge in [-0.2, -0.15) is 0 Å². The van der Waals surface area contributed by atoms with Crippen molar-refractivity contribution in [2.45, 2.75) is 19.9 Å². The average Bonchev–Trinajstić information content (AvgIpc) is 2.18. The molecule has 0 aliphatic rings. The maximum Gasteiger partial charge on any atom is 0.0358 e. The van der Waals surface area contributed by atoms with Gasteiger partial charge in [-0.05, 0) is 17.5 Å². The van der Waals surface area contributed by atoms with Gasteiger partial charge >= 0.3 is 0 Å². The first kappa shape index (κ1) is 10.2. The molecule has 0 saturated heterocycles. The minimum atomic E-state index is -0.0403. The Labute approximate surface area is 79.9 Å². The Kier molecular flexibility index (Phi) is 3.07. The molecule has 1 rings (SSSR count). The monoisotopic (exact) mass is 178 g/mol. The van der Waals surface area contributed by atoms with Crippen molar-refractivity contribution in [3.05, 3.63) is 35.9 Å². The fourth-order valence-corrected chi connectivity index (χ4v) is 1.24. The van der Waals surface area contributed by atoms with Gasteiger partial charge < -0.3 is 11.5 Å². The Morgan fingerprint density at radius 2 is 1.77 bits per heavy atom. The third-order valence-corrected chi connectivity index (χ3v) is 2.53. The third kappa shape index (κ3) is 2.29. The second kappa shape index (κ2) is 3.90. The molecule has 0 aromatic heterocycles. The van der Waals surface area contributed by atoms with E-state index in [0.717, 1.165) is 5.56 Å². The third-order valence-electron chi connectivity index (χ3n) is 2.53. The number of nitrogens with two attached hydrogens (primary N) is 2. The standard InChI is InChI=1S/C11H18N2/c1-11(2,8-12)10(13)9-6-4-3-5-7-9/h3-7,10H,8,12-13H2,1-2H3/t10-/m0/s1. The normalized spacial score (nSPS) is 14.2. The smallest absolute Gasteiger partial charge is 0.0358 e. The number of hydrogen-bond acceptors (Lipinski definition) is 2. The number of hydrogen-bond donors (Lipinski definition) is 2. The van der Waals surface area contributed by atoms with Crippen LogP contribution in [0.5, 0.6) is 0 Å². The van der Waals surface area contributed by atoms with Crippen LogP contribution < -0.4 is 11.5 Å². The Bertz CT molecular complexity index is 254. The molecule has 1 aromatic carbocycles. The minimum Gasteiger partial charge on any atom is -0.330 e. The molecule has 0 radical (unpaired) electrons. The summed E-state index contributed by atoms with van der Waals surface area (Å²) in [5.74, 6) is 0. The summed E-state index contributed by atoms with van der Waals surface area (Å²) in [4.78, 5) is 0. The van der Waals surface area contributed by atoms with Gasteiger partial charge in [0.1, 0.15) is 0 Å². The minimum absolute atomic E-state index is 0.0127. The predicted octanol–water partition coefficient (Wildman–Crippen LogP) is 1.67. The van der Waals surface area contributed by atoms with Crippen molar-refractivity contribution in [3.8, 4) is 0 Å². The topological polar surface area (TPSA) is 52.0 Å². The average molecular weight is 178 g/mol. The molecular weight excluding hydrogens is 160 g/mol. The zero-order valence-corrected chi connectivity index (χ0v) is 8.33. The van der Waals surface area contributed by atoms with Gasteiger partial charge in [-0.25, -0.2) is 0 Å². The predicted molar refractivity (Wildman–Crippen MR) is 56.2 cm³/mol. The van der Waals surface area contributed by atoms with Gasteiger partial charge in [0.25, 0.3) is 0 Å². The molecule has 0 fully saturated rings. The van der Waals surface area contributed by atoms with Crippen LogP contribution >= 0.6 is 0 Å². The van der Waals surface area contributed by atoms with Crippen LogP contribution in [0.4, 0.5) is 0 Å². The SMILES string of the molecule is CC(C)(CN)[C@@H](N)c1ccccc1. The first-order valence-electron chi connectivity index (χ1n) is 4.58. The van der Waals surface area contributed by atoms with E-state index in [1.54, 1.807) is 0 Å². The second-order valence-electron chi connectivity index (χ2n) is 4.08. The van der Waals surface area contributed by atoms with Crippen molar-refractivity contribution < 1.29 is 0 Å². The van der Waals surface area contributed by atoms with Gasteiger partial charge in [0.15, 0.2) is 0 Å². The van der Waals surface area contributed by atoms with Crippen molar-refractivity contribution in [2.75, 3.05) is 6.54 Å². The molecule has 2 heteroatoms. The summed E-state index contributed by atoms with van der Waals surface area (Å²) in [5.41, 5.74) is 12.9. The molecule has 0 unspecified atom stereocenters. The lowest BCUT2D eigenvalue weighted by atomic mass is 9.81. The van der Waals surface area contributed by atoms with Crippen molar-refractivity contribution in [3.63, 3.8) is 0 Å². The summed E-state index contributed by atoms with van der Waals surface area (Å²) in [5, 5.41) is 0. The fourth-order valence-electron chi connectivity index (χ4n) is 1.24. The lowest BCUT2D eigenvalue weighted by Gasteiger charge is -2.30. The summed E-state index contributed by atoms with van der Waals surface area (Å²) in [6, 6.07) is 10.1. The van der Waals surface area contributed by atoms with Crippen LogP contribution in [-0.4, -0.2) is 6.54 Å². The molecule has 0 heterocycles. The van der Waals surface area contributed by atoms with Crippen molar-refractivity contribution in [1.82, 2.24) is 0 Å². The summed E-state index contributed by atoms with van der Waals surface area (Å²) >= 11 is 0. The van der Waals surface area contributed by atoms with Crippen LogP contribution in [0.2, 0.25) is 0 Å². The van der Waals surface area contributed by atoms with E-state index in [-0.39, 0.29) is 11.5 Å². The van der Waals surface area contributed by atoms with Crippen LogP contribution in [0, 0.1) is 5.41 Å². The first-order valence-corrected chi connectivity index (χ1v) is 4.58. The second-order valence-corrected chi connectivity index (χ2v) is 4.08. The van der Waals surface area contributed by atoms with Crippen molar-refractivity contribution in [2.24, 2.45) is 16.9 Å². The summed E-state index contributed by atoms with van der Waals surface area (Å²) in [7, 11) is 0. The van der Waals surface area contributed by atoms with Crippen LogP contribution in [0.15, 0.2) is 30.3 Å². The van der Waals surface area contributed by atoms with E-state index in [1.807, 2.05) is 30.3 Å². The molecule has 0 amide bonds. The van der Waals surface area contributed by atoms with Gasteiger partial charge in [-0.3, -0.25) is 0 Å². The van der Waals surface area contributed by atoms with E-state index in [1.165, 1.54) is 0 Å². The van der Waals surface area contributed by atoms with E-state index < -0.39 is 0 Å². The van der Waals surface area contributed by atoms with Gasteiger partial charge in [-0.1, -0.05) is 44.2 Å². The van der Waals surface area contributed by atoms with E-state index in [0.29, 0.717) is 6.54 Å². The molecule has 1 aromatic rings. The van der Waals surface area contributed by atoms with Gasteiger partial charge in [0.05, 0.1) is 0 Å². The summed E-state index contributed by atoms with van der Waals surface area (Å²) in [6.45, 7) is 4.78. The van der Waals surface area contributed by atoms with Crippen molar-refractivity contribution in [1.29, 1.82) is 0 Å². The van der Waals surface area contributed by atoms with E-state index in [2.05, 4.69) is 13.8 Å². The van der Waals surface area contributed by atoms with Crippen LogP contribution in [0.3, 0.4) is 0 Å². The fraction of sp³-hybridized carbons (Fsp3) is 0.455. The molecule has 1 atom stereocenters. The number of rotatable bonds is 3. The molecule has 0 saturated carbocycles. The quantitative estimate of drug-likeness (QED) is 0.739. The van der Waals surface area contributed by atoms with Gasteiger partial charge in [0.2, 0.25) is 0 Å². The molecule has 0 aliphatic heterocycles. The Balaban J connectivity index is 2.85. The van der Waals surface area contributed by atoms with Crippen LogP contribution in [0.1, 0.15) is 25.5 Å². The lowest BCUT2D eigenvalue weighted by Crippen LogP contribution is -2.35. The van der Waals surface area contributed by atoms with E-state index in [4.69, 9.17) is 11.5 Å². The van der Waals surface area contributed by atoms with Crippen LogP contribution in [-0.2, 0) is 0 Å². The highest BCUT2D eigenvalue weighted by Gasteiger charge is 2.25. The molecule has 4 N–H and O–H groups in total. The molecule has 72 valence electrons. The molecule has 13 heavy (non-hydrogen) atoms. The summed E-state index contributed by atoms with van der Waals surface area (Å²) < 4.78 is 0. The number of benzene rings is 1. The Hall–Kier alpha value is -0.860. The van der Waals surface area contributed by atoms with Gasteiger partial charge in [-0.15, -0.1) is 0 Å². The Morgan fingerprint density at radius 1 is 1.23 bits per heavy atom. The lowest BCUT2D eigenvalue weighted by molar-refractivity contribution is 0.301. The molecule has 2 nitrogen and oxygen atoms in total. The van der Waals surface area contributed by atoms with Crippen LogP contribution in [0.25, 0.3) is 0 Å². The Morgan fingerprint density at radius 3 is 2.23 bits per heavy atom. The highest BCUT2D eigenvalue weighted by Crippen LogP contribution is 2.29. The molecule has 0 bridgehead atoms. The largest absolute Gasteiger partial charge is 0.330 e. The highest BCUT2D eigenvalue weighted by atomic mass is 14.7. The van der Waals surface area contributed by atoms with Gasteiger partial charge in [0, 0.05) is 6.04 Å².